The molecular formula is C25H23N5O. The summed E-state index contributed by atoms with van der Waals surface area (Å²) in [6.07, 6.45) is 4.55. The minimum atomic E-state index is -0.0115. The van der Waals surface area contributed by atoms with E-state index in [1.807, 2.05) is 71.4 Å². The van der Waals surface area contributed by atoms with Crippen LogP contribution in [0.2, 0.25) is 0 Å². The number of benzene rings is 2. The van der Waals surface area contributed by atoms with E-state index in [-0.39, 0.29) is 5.91 Å². The van der Waals surface area contributed by atoms with Gasteiger partial charge in [-0.15, -0.1) is 0 Å². The van der Waals surface area contributed by atoms with Crippen molar-refractivity contribution < 1.29 is 4.79 Å². The lowest BCUT2D eigenvalue weighted by Crippen LogP contribution is -2.28. The number of carbonyl (C=O) groups is 1. The van der Waals surface area contributed by atoms with Gasteiger partial charge in [-0.3, -0.25) is 9.48 Å². The van der Waals surface area contributed by atoms with Gasteiger partial charge in [-0.1, -0.05) is 48.5 Å². The van der Waals surface area contributed by atoms with Crippen molar-refractivity contribution in [2.24, 2.45) is 7.05 Å². The van der Waals surface area contributed by atoms with Crippen LogP contribution in [0.4, 0.5) is 11.5 Å². The Morgan fingerprint density at radius 2 is 1.84 bits per heavy atom. The fourth-order valence-corrected chi connectivity index (χ4v) is 4.02. The van der Waals surface area contributed by atoms with Gasteiger partial charge in [0, 0.05) is 49.3 Å². The third kappa shape index (κ3) is 3.80. The fourth-order valence-electron chi connectivity index (χ4n) is 4.02. The molecule has 6 heteroatoms. The molecule has 0 atom stereocenters. The molecule has 154 valence electrons. The van der Waals surface area contributed by atoms with E-state index in [0.717, 1.165) is 34.7 Å². The zero-order chi connectivity index (χ0) is 21.2. The molecule has 1 amide bonds. The maximum Gasteiger partial charge on any atom is 0.259 e. The maximum absolute atomic E-state index is 13.0. The van der Waals surface area contributed by atoms with Gasteiger partial charge in [-0.05, 0) is 30.2 Å². The number of nitrogens with zero attached hydrogens (tertiary/aromatic N) is 4. The zero-order valence-electron chi connectivity index (χ0n) is 17.3. The Bertz CT molecular complexity index is 1210. The quantitative estimate of drug-likeness (QED) is 0.534. The summed E-state index contributed by atoms with van der Waals surface area (Å²) in [5.74, 6) is 0.712. The Labute approximate surface area is 181 Å². The highest BCUT2D eigenvalue weighted by molar-refractivity contribution is 6.07. The van der Waals surface area contributed by atoms with E-state index in [9.17, 15) is 4.79 Å². The van der Waals surface area contributed by atoms with E-state index in [1.54, 1.807) is 6.20 Å². The van der Waals surface area contributed by atoms with E-state index in [0.29, 0.717) is 18.7 Å². The van der Waals surface area contributed by atoms with E-state index < -0.39 is 0 Å². The van der Waals surface area contributed by atoms with Crippen molar-refractivity contribution in [3.63, 3.8) is 0 Å². The molecule has 3 heterocycles. The summed E-state index contributed by atoms with van der Waals surface area (Å²) in [6, 6.07) is 21.9. The van der Waals surface area contributed by atoms with Gasteiger partial charge in [0.05, 0.1) is 11.3 Å². The standard InChI is InChI=1S/C25H23N5O/c1-29-17-21(24(28-29)19-8-3-2-4-9-19)16-27-23-12-11-20(15-26-23)25(31)30-14-13-18-7-5-6-10-22(18)30/h2-12,15,17H,13-14,16H2,1H3,(H,26,27). The van der Waals surface area contributed by atoms with Crippen molar-refractivity contribution in [1.82, 2.24) is 14.8 Å². The van der Waals surface area contributed by atoms with Crippen LogP contribution in [0.5, 0.6) is 0 Å². The molecule has 2 aromatic carbocycles. The largest absolute Gasteiger partial charge is 0.366 e. The number of amides is 1. The minimum Gasteiger partial charge on any atom is -0.366 e. The minimum absolute atomic E-state index is 0.0115. The van der Waals surface area contributed by atoms with E-state index in [1.165, 1.54) is 5.56 Å². The third-order valence-electron chi connectivity index (χ3n) is 5.55. The molecule has 0 saturated heterocycles. The van der Waals surface area contributed by atoms with Crippen LogP contribution in [-0.2, 0) is 20.0 Å². The third-order valence-corrected chi connectivity index (χ3v) is 5.55. The summed E-state index contributed by atoms with van der Waals surface area (Å²) in [6.45, 7) is 1.30. The highest BCUT2D eigenvalue weighted by atomic mass is 16.2. The van der Waals surface area contributed by atoms with Crippen molar-refractivity contribution in [1.29, 1.82) is 0 Å². The maximum atomic E-state index is 13.0. The van der Waals surface area contributed by atoms with Gasteiger partial charge in [-0.2, -0.15) is 5.10 Å². The molecule has 0 bridgehead atoms. The highest BCUT2D eigenvalue weighted by Crippen LogP contribution is 2.29. The SMILES string of the molecule is Cn1cc(CNc2ccc(C(=O)N3CCc4ccccc43)cn2)c(-c2ccccc2)n1. The molecule has 31 heavy (non-hydrogen) atoms. The van der Waals surface area contributed by atoms with Crippen LogP contribution in [0.15, 0.2) is 79.1 Å². The average Bonchev–Trinajstić information content (AvgIpc) is 3.41. The molecule has 0 radical (unpaired) electrons. The molecule has 0 aliphatic carbocycles. The predicted octanol–water partition coefficient (Wildman–Crippen LogP) is 4.30. The van der Waals surface area contributed by atoms with Crippen LogP contribution in [0.25, 0.3) is 11.3 Å². The van der Waals surface area contributed by atoms with E-state index >= 15 is 0 Å². The molecule has 0 spiro atoms. The number of hydrogen-bond acceptors (Lipinski definition) is 4. The first-order valence-corrected chi connectivity index (χ1v) is 10.4. The predicted molar refractivity (Wildman–Crippen MR) is 122 cm³/mol. The topological polar surface area (TPSA) is 63.1 Å². The normalized spacial score (nSPS) is 12.6. The summed E-state index contributed by atoms with van der Waals surface area (Å²) in [5, 5.41) is 7.95. The van der Waals surface area contributed by atoms with Crippen LogP contribution >= 0.6 is 0 Å². The first-order chi connectivity index (χ1) is 15.2. The number of pyridine rings is 1. The lowest BCUT2D eigenvalue weighted by molar-refractivity contribution is 0.0989. The Kier molecular flexibility index (Phi) is 4.96. The molecular weight excluding hydrogens is 386 g/mol. The molecule has 0 fully saturated rings. The van der Waals surface area contributed by atoms with Crippen LogP contribution < -0.4 is 10.2 Å². The number of para-hydroxylation sites is 1. The van der Waals surface area contributed by atoms with Crippen LogP contribution in [0, 0.1) is 0 Å². The van der Waals surface area contributed by atoms with Crippen molar-refractivity contribution in [2.75, 3.05) is 16.8 Å². The van der Waals surface area contributed by atoms with E-state index in [2.05, 4.69) is 33.6 Å². The number of carbonyl (C=O) groups excluding carboxylic acids is 1. The molecule has 1 aliphatic rings. The summed E-state index contributed by atoms with van der Waals surface area (Å²) in [4.78, 5) is 19.3. The number of hydrogen-bond donors (Lipinski definition) is 1. The second-order valence-corrected chi connectivity index (χ2v) is 7.66. The number of rotatable bonds is 5. The van der Waals surface area contributed by atoms with Crippen LogP contribution in [0.1, 0.15) is 21.5 Å². The lowest BCUT2D eigenvalue weighted by Gasteiger charge is -2.17. The van der Waals surface area contributed by atoms with E-state index in [4.69, 9.17) is 0 Å². The van der Waals surface area contributed by atoms with Gasteiger partial charge in [0.25, 0.3) is 5.91 Å². The summed E-state index contributed by atoms with van der Waals surface area (Å²) < 4.78 is 1.82. The van der Waals surface area contributed by atoms with Crippen LogP contribution in [0.3, 0.4) is 0 Å². The van der Waals surface area contributed by atoms with Crippen LogP contribution in [-0.4, -0.2) is 27.2 Å². The van der Waals surface area contributed by atoms with Gasteiger partial charge in [0.1, 0.15) is 5.82 Å². The number of aromatic nitrogens is 3. The second-order valence-electron chi connectivity index (χ2n) is 7.66. The first kappa shape index (κ1) is 19.1. The Hall–Kier alpha value is -3.93. The second kappa shape index (κ2) is 8.07. The van der Waals surface area contributed by atoms with Gasteiger partial charge in [-0.25, -0.2) is 4.98 Å². The van der Waals surface area contributed by atoms with Crippen molar-refractivity contribution in [3.05, 3.63) is 95.8 Å². The molecule has 0 saturated carbocycles. The van der Waals surface area contributed by atoms with Crippen molar-refractivity contribution in [2.45, 2.75) is 13.0 Å². The Balaban J connectivity index is 1.29. The van der Waals surface area contributed by atoms with Gasteiger partial charge in [0.15, 0.2) is 0 Å². The number of nitrogens with one attached hydrogen (secondary N) is 1. The molecule has 0 unspecified atom stereocenters. The molecule has 2 aromatic heterocycles. The number of aryl methyl sites for hydroxylation is 1. The number of fused-ring (bicyclic) bond motifs is 1. The molecule has 4 aromatic rings. The lowest BCUT2D eigenvalue weighted by atomic mass is 10.1. The highest BCUT2D eigenvalue weighted by Gasteiger charge is 2.25. The molecule has 6 nitrogen and oxygen atoms in total. The molecule has 1 N–H and O–H groups in total. The summed E-state index contributed by atoms with van der Waals surface area (Å²) in [7, 11) is 1.92. The molecule has 1 aliphatic heterocycles. The monoisotopic (exact) mass is 409 g/mol. The van der Waals surface area contributed by atoms with Crippen molar-refractivity contribution >= 4 is 17.4 Å². The van der Waals surface area contributed by atoms with Crippen molar-refractivity contribution in [3.8, 4) is 11.3 Å². The summed E-state index contributed by atoms with van der Waals surface area (Å²) >= 11 is 0. The fraction of sp³-hybridized carbons (Fsp3) is 0.160. The van der Waals surface area contributed by atoms with Gasteiger partial charge < -0.3 is 10.2 Å². The van der Waals surface area contributed by atoms with Gasteiger partial charge >= 0.3 is 0 Å². The Morgan fingerprint density at radius 1 is 1.03 bits per heavy atom. The zero-order valence-corrected chi connectivity index (χ0v) is 17.3. The average molecular weight is 409 g/mol. The van der Waals surface area contributed by atoms with Gasteiger partial charge in [0.2, 0.25) is 0 Å². The smallest absolute Gasteiger partial charge is 0.259 e. The molecule has 5 rings (SSSR count). The number of anilines is 2. The first-order valence-electron chi connectivity index (χ1n) is 10.4. The Morgan fingerprint density at radius 3 is 2.65 bits per heavy atom. The summed E-state index contributed by atoms with van der Waals surface area (Å²) in [5.41, 5.74) is 5.93.